The summed E-state index contributed by atoms with van der Waals surface area (Å²) in [6, 6.07) is 0. The summed E-state index contributed by atoms with van der Waals surface area (Å²) in [6.07, 6.45) is -0.670. The Hall–Kier alpha value is -1.06. The average molecular weight is 171 g/mol. The fourth-order valence-corrected chi connectivity index (χ4v) is 1.08. The second-order valence-electron chi connectivity index (χ2n) is 4.15. The van der Waals surface area contributed by atoms with Gasteiger partial charge in [0.2, 0.25) is 0 Å². The summed E-state index contributed by atoms with van der Waals surface area (Å²) in [4.78, 5) is 21.6. The molecule has 1 heterocycles. The molecule has 1 saturated heterocycles. The number of hydrogen-bond acceptors (Lipinski definition) is 3. The van der Waals surface area contributed by atoms with Crippen LogP contribution in [0, 0.1) is 5.41 Å². The van der Waals surface area contributed by atoms with E-state index in [0.29, 0.717) is 6.42 Å². The lowest BCUT2D eigenvalue weighted by Crippen LogP contribution is -2.27. The minimum Gasteiger partial charge on any atom is -0.436 e. The second kappa shape index (κ2) is 2.77. The van der Waals surface area contributed by atoms with Gasteiger partial charge >= 0.3 is 6.09 Å². The van der Waals surface area contributed by atoms with E-state index in [1.165, 1.54) is 0 Å². The molecule has 0 aliphatic carbocycles. The molecule has 1 aliphatic heterocycles. The molecule has 0 saturated carbocycles. The molecule has 1 aliphatic rings. The first-order valence-electron chi connectivity index (χ1n) is 3.90. The third kappa shape index (κ3) is 2.22. The van der Waals surface area contributed by atoms with Crippen molar-refractivity contribution in [1.82, 2.24) is 5.32 Å². The van der Waals surface area contributed by atoms with E-state index in [9.17, 15) is 9.59 Å². The van der Waals surface area contributed by atoms with Crippen molar-refractivity contribution in [3.63, 3.8) is 0 Å². The van der Waals surface area contributed by atoms with E-state index in [1.54, 1.807) is 0 Å². The number of imide groups is 1. The molecule has 0 aromatic carbocycles. The number of hydrogen-bond donors (Lipinski definition) is 1. The molecular weight excluding hydrogens is 158 g/mol. The SMILES string of the molecule is CC(C)(C)CC1OC(=O)NC1=O. The summed E-state index contributed by atoms with van der Waals surface area (Å²) < 4.78 is 4.75. The molecule has 1 rings (SSSR count). The van der Waals surface area contributed by atoms with Crippen molar-refractivity contribution < 1.29 is 14.3 Å². The monoisotopic (exact) mass is 171 g/mol. The van der Waals surface area contributed by atoms with E-state index in [4.69, 9.17) is 4.74 Å². The van der Waals surface area contributed by atoms with Crippen LogP contribution in [0.5, 0.6) is 0 Å². The number of carbonyl (C=O) groups is 2. The number of nitrogens with one attached hydrogen (secondary N) is 1. The number of rotatable bonds is 1. The molecular formula is C8H13NO3. The van der Waals surface area contributed by atoms with Gasteiger partial charge in [0.25, 0.3) is 5.91 Å². The molecule has 0 spiro atoms. The summed E-state index contributed by atoms with van der Waals surface area (Å²) in [6.45, 7) is 5.98. The molecule has 2 amide bonds. The van der Waals surface area contributed by atoms with Gasteiger partial charge in [0.1, 0.15) is 0 Å². The topological polar surface area (TPSA) is 55.4 Å². The van der Waals surface area contributed by atoms with Gasteiger partial charge in [-0.15, -0.1) is 0 Å². The van der Waals surface area contributed by atoms with Crippen molar-refractivity contribution >= 4 is 12.0 Å². The number of alkyl carbamates (subject to hydrolysis) is 1. The van der Waals surface area contributed by atoms with Gasteiger partial charge in [-0.05, 0) is 11.8 Å². The van der Waals surface area contributed by atoms with Crippen LogP contribution in [0.15, 0.2) is 0 Å². The minimum absolute atomic E-state index is 0.00731. The normalized spacial score (nSPS) is 23.8. The lowest BCUT2D eigenvalue weighted by Gasteiger charge is -2.19. The maximum atomic E-state index is 11.0. The Balaban J connectivity index is 2.54. The van der Waals surface area contributed by atoms with Crippen LogP contribution in [-0.4, -0.2) is 18.1 Å². The highest BCUT2D eigenvalue weighted by atomic mass is 16.6. The van der Waals surface area contributed by atoms with Gasteiger partial charge in [0.05, 0.1) is 0 Å². The standard InChI is InChI=1S/C8H13NO3/c1-8(2,3)4-5-6(10)9-7(11)12-5/h5H,4H2,1-3H3,(H,9,10,11). The number of cyclic esters (lactones) is 1. The summed E-state index contributed by atoms with van der Waals surface area (Å²) in [5.74, 6) is -0.324. The highest BCUT2D eigenvalue weighted by molar-refractivity contribution is 5.99. The Labute approximate surface area is 71.3 Å². The average Bonchev–Trinajstić information content (AvgIpc) is 2.06. The van der Waals surface area contributed by atoms with E-state index in [0.717, 1.165) is 0 Å². The first-order valence-corrected chi connectivity index (χ1v) is 3.90. The fourth-order valence-electron chi connectivity index (χ4n) is 1.08. The van der Waals surface area contributed by atoms with Crippen LogP contribution in [0.3, 0.4) is 0 Å². The minimum atomic E-state index is -0.630. The Bertz CT molecular complexity index is 217. The molecule has 12 heavy (non-hydrogen) atoms. The third-order valence-corrected chi connectivity index (χ3v) is 1.56. The van der Waals surface area contributed by atoms with E-state index >= 15 is 0 Å². The highest BCUT2D eigenvalue weighted by Gasteiger charge is 2.34. The van der Waals surface area contributed by atoms with Crippen LogP contribution in [0.1, 0.15) is 27.2 Å². The van der Waals surface area contributed by atoms with Gasteiger partial charge < -0.3 is 4.74 Å². The summed E-state index contributed by atoms with van der Waals surface area (Å²) in [5, 5.41) is 2.09. The molecule has 0 aromatic rings. The second-order valence-corrected chi connectivity index (χ2v) is 4.15. The summed E-state index contributed by atoms with van der Waals surface area (Å²) in [7, 11) is 0. The molecule has 0 bridgehead atoms. The summed E-state index contributed by atoms with van der Waals surface area (Å²) in [5.41, 5.74) is -0.00731. The molecule has 1 unspecified atom stereocenters. The van der Waals surface area contributed by atoms with Crippen molar-refractivity contribution in [2.75, 3.05) is 0 Å². The van der Waals surface area contributed by atoms with Gasteiger partial charge in [-0.3, -0.25) is 10.1 Å². The summed E-state index contributed by atoms with van der Waals surface area (Å²) >= 11 is 0. The zero-order valence-electron chi connectivity index (χ0n) is 7.51. The molecule has 1 fully saturated rings. The molecule has 1 N–H and O–H groups in total. The molecule has 4 nitrogen and oxygen atoms in total. The molecule has 68 valence electrons. The maximum Gasteiger partial charge on any atom is 0.414 e. The zero-order chi connectivity index (χ0) is 9.35. The van der Waals surface area contributed by atoms with Crippen LogP contribution in [-0.2, 0) is 9.53 Å². The van der Waals surface area contributed by atoms with Gasteiger partial charge in [0, 0.05) is 0 Å². The lowest BCUT2D eigenvalue weighted by atomic mass is 9.89. The van der Waals surface area contributed by atoms with Gasteiger partial charge in [0.15, 0.2) is 6.10 Å². The van der Waals surface area contributed by atoms with E-state index in [-0.39, 0.29) is 11.3 Å². The number of ether oxygens (including phenoxy) is 1. The first-order chi connectivity index (χ1) is 5.38. The zero-order valence-corrected chi connectivity index (χ0v) is 7.51. The fraction of sp³-hybridized carbons (Fsp3) is 0.750. The Morgan fingerprint density at radius 2 is 2.00 bits per heavy atom. The largest absolute Gasteiger partial charge is 0.436 e. The predicted molar refractivity (Wildman–Crippen MR) is 42.5 cm³/mol. The molecule has 0 aromatic heterocycles. The highest BCUT2D eigenvalue weighted by Crippen LogP contribution is 2.23. The molecule has 1 atom stereocenters. The van der Waals surface area contributed by atoms with Crippen molar-refractivity contribution in [1.29, 1.82) is 0 Å². The smallest absolute Gasteiger partial charge is 0.414 e. The van der Waals surface area contributed by atoms with Gasteiger partial charge in [-0.25, -0.2) is 4.79 Å². The van der Waals surface area contributed by atoms with Crippen molar-refractivity contribution in [3.8, 4) is 0 Å². The Kier molecular flexibility index (Phi) is 2.08. The van der Waals surface area contributed by atoms with Crippen LogP contribution >= 0.6 is 0 Å². The van der Waals surface area contributed by atoms with Crippen molar-refractivity contribution in [3.05, 3.63) is 0 Å². The number of carbonyl (C=O) groups excluding carboxylic acids is 2. The Morgan fingerprint density at radius 1 is 1.42 bits per heavy atom. The van der Waals surface area contributed by atoms with E-state index in [2.05, 4.69) is 5.32 Å². The number of amides is 2. The lowest BCUT2D eigenvalue weighted by molar-refractivity contribution is -0.124. The molecule has 4 heteroatoms. The van der Waals surface area contributed by atoms with E-state index < -0.39 is 12.2 Å². The van der Waals surface area contributed by atoms with Crippen molar-refractivity contribution in [2.24, 2.45) is 5.41 Å². The van der Waals surface area contributed by atoms with Gasteiger partial charge in [-0.2, -0.15) is 0 Å². The third-order valence-electron chi connectivity index (χ3n) is 1.56. The van der Waals surface area contributed by atoms with Crippen LogP contribution in [0.2, 0.25) is 0 Å². The van der Waals surface area contributed by atoms with Gasteiger partial charge in [-0.1, -0.05) is 20.8 Å². The van der Waals surface area contributed by atoms with E-state index in [1.807, 2.05) is 20.8 Å². The van der Waals surface area contributed by atoms with Crippen LogP contribution in [0.4, 0.5) is 4.79 Å². The Morgan fingerprint density at radius 3 is 2.33 bits per heavy atom. The van der Waals surface area contributed by atoms with Crippen molar-refractivity contribution in [2.45, 2.75) is 33.3 Å². The maximum absolute atomic E-state index is 11.0. The molecule has 0 radical (unpaired) electrons. The van der Waals surface area contributed by atoms with Crippen LogP contribution < -0.4 is 5.32 Å². The quantitative estimate of drug-likeness (QED) is 0.641. The van der Waals surface area contributed by atoms with Crippen LogP contribution in [0.25, 0.3) is 0 Å². The first kappa shape index (κ1) is 9.03. The predicted octanol–water partition coefficient (Wildman–Crippen LogP) is 1.06.